The van der Waals surface area contributed by atoms with E-state index in [1.165, 1.54) is 0 Å². The molecule has 1 aliphatic heterocycles. The van der Waals surface area contributed by atoms with Crippen molar-refractivity contribution in [2.45, 2.75) is 51.9 Å². The van der Waals surface area contributed by atoms with E-state index in [-0.39, 0.29) is 30.6 Å². The molecule has 3 heterocycles. The maximum atomic E-state index is 12.0. The van der Waals surface area contributed by atoms with Crippen LogP contribution >= 0.6 is 0 Å². The molecule has 1 aliphatic rings. The number of amides is 2. The first-order valence-corrected chi connectivity index (χ1v) is 8.75. The van der Waals surface area contributed by atoms with E-state index in [1.807, 2.05) is 13.8 Å². The largest absolute Gasteiger partial charge is 0.444 e. The first kappa shape index (κ1) is 18.9. The lowest BCUT2D eigenvalue weighted by Crippen LogP contribution is -2.33. The number of nitrogens with zero attached hydrogens (tertiary/aromatic N) is 2. The Morgan fingerprint density at radius 2 is 2.22 bits per heavy atom. The molecule has 0 unspecified atom stereocenters. The summed E-state index contributed by atoms with van der Waals surface area (Å²) < 4.78 is 16.0. The Morgan fingerprint density at radius 1 is 1.41 bits per heavy atom. The molecule has 2 atom stereocenters. The molecule has 0 bridgehead atoms. The van der Waals surface area contributed by atoms with Crippen LogP contribution in [0.1, 0.15) is 43.5 Å². The van der Waals surface area contributed by atoms with Gasteiger partial charge in [0, 0.05) is 24.6 Å². The molecule has 2 aromatic rings. The van der Waals surface area contributed by atoms with Crippen LogP contribution < -0.4 is 10.6 Å². The second kappa shape index (κ2) is 8.21. The maximum absolute atomic E-state index is 12.0. The minimum Gasteiger partial charge on any atom is -0.444 e. The molecule has 2 amide bonds. The molecule has 1 saturated heterocycles. The molecule has 0 spiro atoms. The van der Waals surface area contributed by atoms with Crippen LogP contribution in [0.15, 0.2) is 16.7 Å². The third-order valence-corrected chi connectivity index (χ3v) is 3.86. The number of aromatic nitrogens is 3. The number of H-pyrrole nitrogens is 1. The van der Waals surface area contributed by atoms with E-state index in [0.717, 1.165) is 5.69 Å². The Bertz CT molecular complexity index is 799. The summed E-state index contributed by atoms with van der Waals surface area (Å²) in [6.45, 7) is 5.82. The summed E-state index contributed by atoms with van der Waals surface area (Å²) in [5.74, 6) is 0.611. The number of aryl methyl sites for hydroxylation is 1. The molecule has 27 heavy (non-hydrogen) atoms. The first-order valence-electron chi connectivity index (χ1n) is 8.75. The van der Waals surface area contributed by atoms with Gasteiger partial charge in [0.25, 0.3) is 0 Å². The zero-order valence-corrected chi connectivity index (χ0v) is 15.4. The molecule has 2 aromatic heterocycles. The summed E-state index contributed by atoms with van der Waals surface area (Å²) in [6.07, 6.45) is -0.483. The highest BCUT2D eigenvalue weighted by Gasteiger charge is 2.31. The number of carbonyl (C=O) groups excluding carboxylic acids is 2. The predicted octanol–water partition coefficient (Wildman–Crippen LogP) is 1.85. The summed E-state index contributed by atoms with van der Waals surface area (Å²) in [5, 5.41) is 16.0. The number of hydrogen-bond donors (Lipinski definition) is 3. The minimum atomic E-state index is -0.459. The summed E-state index contributed by atoms with van der Waals surface area (Å²) in [4.78, 5) is 23.7. The van der Waals surface area contributed by atoms with E-state index in [4.69, 9.17) is 14.0 Å². The van der Waals surface area contributed by atoms with Crippen molar-refractivity contribution in [1.29, 1.82) is 0 Å². The zero-order chi connectivity index (χ0) is 19.4. The maximum Gasteiger partial charge on any atom is 0.407 e. The van der Waals surface area contributed by atoms with Crippen molar-refractivity contribution < 1.29 is 23.6 Å². The van der Waals surface area contributed by atoms with Crippen molar-refractivity contribution in [3.05, 3.63) is 29.3 Å². The van der Waals surface area contributed by atoms with Gasteiger partial charge in [-0.2, -0.15) is 5.10 Å². The van der Waals surface area contributed by atoms with Gasteiger partial charge in [-0.1, -0.05) is 5.16 Å². The van der Waals surface area contributed by atoms with Crippen molar-refractivity contribution in [2.75, 3.05) is 11.9 Å². The fraction of sp³-hybridized carbons (Fsp3) is 0.529. The average molecular weight is 377 g/mol. The Balaban J connectivity index is 1.49. The van der Waals surface area contributed by atoms with Gasteiger partial charge in [0.05, 0.1) is 24.4 Å². The number of ether oxygens (including phenoxy) is 2. The van der Waals surface area contributed by atoms with Gasteiger partial charge in [-0.15, -0.1) is 0 Å². The van der Waals surface area contributed by atoms with E-state index in [9.17, 15) is 9.59 Å². The Hall–Kier alpha value is -2.88. The molecular weight excluding hydrogens is 354 g/mol. The standard InChI is InChI=1S/C17H23N5O5/c1-9(2)18-17(24)26-12-5-14(25-8-12)13-7-15(21-20-13)19-16(23)6-11-4-10(3)22-27-11/h4,7,9,12,14H,5-6,8H2,1-3H3,(H,18,24)(H2,19,20,21,23)/t12-,14-/m1/s1. The number of rotatable bonds is 6. The molecule has 0 radical (unpaired) electrons. The SMILES string of the molecule is Cc1cc(CC(=O)Nc2cc([C@H]3C[C@@H](OC(=O)NC(C)C)CO3)[nH]n2)on1. The number of nitrogens with one attached hydrogen (secondary N) is 3. The quantitative estimate of drug-likeness (QED) is 0.700. The Labute approximate surface area is 156 Å². The highest BCUT2D eigenvalue weighted by atomic mass is 16.6. The molecular formula is C17H23N5O5. The Morgan fingerprint density at radius 3 is 2.93 bits per heavy atom. The number of aromatic amines is 1. The third kappa shape index (κ3) is 5.30. The van der Waals surface area contributed by atoms with Gasteiger partial charge >= 0.3 is 6.09 Å². The molecule has 3 rings (SSSR count). The lowest BCUT2D eigenvalue weighted by atomic mass is 10.1. The second-order valence-electron chi connectivity index (χ2n) is 6.75. The van der Waals surface area contributed by atoms with Gasteiger partial charge in [0.1, 0.15) is 18.0 Å². The van der Waals surface area contributed by atoms with Crippen LogP contribution in [-0.4, -0.2) is 46.1 Å². The van der Waals surface area contributed by atoms with Crippen molar-refractivity contribution in [1.82, 2.24) is 20.7 Å². The number of alkyl carbamates (subject to hydrolysis) is 1. The summed E-state index contributed by atoms with van der Waals surface area (Å²) in [5.41, 5.74) is 1.42. The van der Waals surface area contributed by atoms with E-state index in [1.54, 1.807) is 19.1 Å². The van der Waals surface area contributed by atoms with Crippen molar-refractivity contribution >= 4 is 17.8 Å². The molecule has 0 saturated carbocycles. The van der Waals surface area contributed by atoms with Crippen molar-refractivity contribution in [2.24, 2.45) is 0 Å². The van der Waals surface area contributed by atoms with Gasteiger partial charge < -0.3 is 24.6 Å². The van der Waals surface area contributed by atoms with Crippen LogP contribution in [0.2, 0.25) is 0 Å². The van der Waals surface area contributed by atoms with E-state index in [0.29, 0.717) is 30.3 Å². The summed E-state index contributed by atoms with van der Waals surface area (Å²) in [6, 6.07) is 3.41. The number of carbonyl (C=O) groups is 2. The van der Waals surface area contributed by atoms with Crippen LogP contribution in [0.4, 0.5) is 10.6 Å². The first-order chi connectivity index (χ1) is 12.9. The monoisotopic (exact) mass is 377 g/mol. The molecule has 0 aliphatic carbocycles. The topological polar surface area (TPSA) is 131 Å². The van der Waals surface area contributed by atoms with E-state index < -0.39 is 6.09 Å². The van der Waals surface area contributed by atoms with Crippen LogP contribution in [0.5, 0.6) is 0 Å². The normalized spacial score (nSPS) is 19.3. The number of anilines is 1. The summed E-state index contributed by atoms with van der Waals surface area (Å²) >= 11 is 0. The fourth-order valence-electron chi connectivity index (χ4n) is 2.73. The predicted molar refractivity (Wildman–Crippen MR) is 94.0 cm³/mol. The van der Waals surface area contributed by atoms with Crippen LogP contribution in [0.3, 0.4) is 0 Å². The van der Waals surface area contributed by atoms with Gasteiger partial charge in [-0.25, -0.2) is 4.79 Å². The van der Waals surface area contributed by atoms with Gasteiger partial charge in [-0.05, 0) is 20.8 Å². The van der Waals surface area contributed by atoms with Crippen molar-refractivity contribution in [3.63, 3.8) is 0 Å². The fourth-order valence-corrected chi connectivity index (χ4v) is 2.73. The van der Waals surface area contributed by atoms with E-state index >= 15 is 0 Å². The van der Waals surface area contributed by atoms with E-state index in [2.05, 4.69) is 26.0 Å². The van der Waals surface area contributed by atoms with Gasteiger partial charge in [0.2, 0.25) is 5.91 Å². The Kier molecular flexibility index (Phi) is 5.75. The van der Waals surface area contributed by atoms with Crippen LogP contribution in [0.25, 0.3) is 0 Å². The van der Waals surface area contributed by atoms with Crippen molar-refractivity contribution in [3.8, 4) is 0 Å². The zero-order valence-electron chi connectivity index (χ0n) is 15.4. The molecule has 0 aromatic carbocycles. The average Bonchev–Trinajstić information content (AvgIpc) is 3.28. The summed E-state index contributed by atoms with van der Waals surface area (Å²) in [7, 11) is 0. The third-order valence-electron chi connectivity index (χ3n) is 3.86. The highest BCUT2D eigenvalue weighted by molar-refractivity contribution is 5.91. The minimum absolute atomic E-state index is 0.00951. The lowest BCUT2D eigenvalue weighted by Gasteiger charge is -2.13. The smallest absolute Gasteiger partial charge is 0.407 e. The molecule has 146 valence electrons. The van der Waals surface area contributed by atoms with Crippen LogP contribution in [0, 0.1) is 6.92 Å². The number of hydrogen-bond acceptors (Lipinski definition) is 7. The van der Waals surface area contributed by atoms with Gasteiger partial charge in [-0.3, -0.25) is 9.89 Å². The molecule has 10 nitrogen and oxygen atoms in total. The highest BCUT2D eigenvalue weighted by Crippen LogP contribution is 2.30. The lowest BCUT2D eigenvalue weighted by molar-refractivity contribution is -0.115. The van der Waals surface area contributed by atoms with Crippen LogP contribution in [-0.2, 0) is 20.7 Å². The second-order valence-corrected chi connectivity index (χ2v) is 6.75. The molecule has 10 heteroatoms. The molecule has 3 N–H and O–H groups in total. The molecule has 1 fully saturated rings. The van der Waals surface area contributed by atoms with Gasteiger partial charge in [0.15, 0.2) is 5.82 Å².